The predicted octanol–water partition coefficient (Wildman–Crippen LogP) is 1.43. The van der Waals surface area contributed by atoms with Gasteiger partial charge < -0.3 is 14.2 Å². The zero-order valence-corrected chi connectivity index (χ0v) is 11.0. The zero-order valence-electron chi connectivity index (χ0n) is 11.0. The maximum atomic E-state index is 11.2. The van der Waals surface area contributed by atoms with Crippen LogP contribution in [0.1, 0.15) is 22.8 Å². The number of methoxy groups -OCH3 is 2. The number of esters is 1. The van der Waals surface area contributed by atoms with Crippen molar-refractivity contribution >= 4 is 12.3 Å². The molecule has 0 aromatic heterocycles. The molecule has 0 heterocycles. The maximum Gasteiger partial charge on any atom is 0.384 e. The van der Waals surface area contributed by atoms with Crippen molar-refractivity contribution in [3.63, 3.8) is 0 Å². The molecule has 1 rings (SSSR count). The first-order valence-corrected chi connectivity index (χ1v) is 5.56. The van der Waals surface area contributed by atoms with Crippen LogP contribution in [0.3, 0.4) is 0 Å². The van der Waals surface area contributed by atoms with E-state index in [0.29, 0.717) is 28.9 Å². The Morgan fingerprint density at radius 2 is 1.89 bits per heavy atom. The molecule has 5 heteroatoms. The van der Waals surface area contributed by atoms with Crippen LogP contribution in [0.5, 0.6) is 11.5 Å². The minimum Gasteiger partial charge on any atom is -0.493 e. The van der Waals surface area contributed by atoms with Crippen molar-refractivity contribution in [2.24, 2.45) is 0 Å². The van der Waals surface area contributed by atoms with Crippen molar-refractivity contribution < 1.29 is 23.8 Å². The van der Waals surface area contributed by atoms with Gasteiger partial charge in [-0.25, -0.2) is 4.79 Å². The van der Waals surface area contributed by atoms with Crippen molar-refractivity contribution in [3.8, 4) is 23.3 Å². The Kier molecular flexibility index (Phi) is 5.42. The average molecular weight is 262 g/mol. The Hall–Kier alpha value is -2.48. The van der Waals surface area contributed by atoms with Gasteiger partial charge in [-0.1, -0.05) is 5.92 Å². The van der Waals surface area contributed by atoms with Gasteiger partial charge in [-0.3, -0.25) is 4.79 Å². The second kappa shape index (κ2) is 7.07. The summed E-state index contributed by atoms with van der Waals surface area (Å²) < 4.78 is 14.9. The van der Waals surface area contributed by atoms with Gasteiger partial charge in [0.25, 0.3) is 0 Å². The van der Waals surface area contributed by atoms with E-state index in [9.17, 15) is 9.59 Å². The minimum atomic E-state index is -0.644. The van der Waals surface area contributed by atoms with Crippen LogP contribution >= 0.6 is 0 Å². The smallest absolute Gasteiger partial charge is 0.384 e. The molecule has 5 nitrogen and oxygen atoms in total. The minimum absolute atomic E-state index is 0.250. The van der Waals surface area contributed by atoms with Crippen molar-refractivity contribution in [3.05, 3.63) is 23.3 Å². The molecular weight excluding hydrogens is 248 g/mol. The molecule has 0 aliphatic carbocycles. The average Bonchev–Trinajstić information content (AvgIpc) is 2.44. The molecule has 0 saturated carbocycles. The molecule has 0 bridgehead atoms. The molecule has 100 valence electrons. The number of ether oxygens (including phenoxy) is 3. The molecule has 0 saturated heterocycles. The van der Waals surface area contributed by atoms with Gasteiger partial charge in [0, 0.05) is 23.1 Å². The first-order valence-electron chi connectivity index (χ1n) is 5.56. The molecule has 0 N–H and O–H groups in total. The number of hydrogen-bond donors (Lipinski definition) is 0. The highest BCUT2D eigenvalue weighted by Crippen LogP contribution is 2.29. The lowest BCUT2D eigenvalue weighted by molar-refractivity contribution is -0.136. The van der Waals surface area contributed by atoms with E-state index in [1.807, 2.05) is 0 Å². The standard InChI is InChI=1S/C14H14O5/c1-4-19-14(16)6-5-10-7-12(17-2)13(18-3)8-11(10)9-15/h7-9H,4H2,1-3H3. The predicted molar refractivity (Wildman–Crippen MR) is 68.4 cm³/mol. The van der Waals surface area contributed by atoms with Crippen LogP contribution < -0.4 is 9.47 Å². The fourth-order valence-corrected chi connectivity index (χ4v) is 1.39. The molecule has 0 unspecified atom stereocenters. The summed E-state index contributed by atoms with van der Waals surface area (Å²) in [6, 6.07) is 3.04. The Bertz CT molecular complexity index is 537. The zero-order chi connectivity index (χ0) is 14.3. The quantitative estimate of drug-likeness (QED) is 0.466. The number of carbonyl (C=O) groups excluding carboxylic acids is 2. The second-order valence-corrected chi connectivity index (χ2v) is 3.38. The summed E-state index contributed by atoms with van der Waals surface area (Å²) in [6.45, 7) is 1.94. The van der Waals surface area contributed by atoms with Gasteiger partial charge in [-0.05, 0) is 13.0 Å². The third-order valence-corrected chi connectivity index (χ3v) is 2.26. The largest absolute Gasteiger partial charge is 0.493 e. The van der Waals surface area contributed by atoms with Crippen LogP contribution in [0.25, 0.3) is 0 Å². The maximum absolute atomic E-state index is 11.2. The number of benzene rings is 1. The molecule has 0 atom stereocenters. The molecule has 0 aliphatic rings. The van der Waals surface area contributed by atoms with Crippen LogP contribution in [0.15, 0.2) is 12.1 Å². The number of rotatable bonds is 4. The van der Waals surface area contributed by atoms with E-state index in [-0.39, 0.29) is 6.61 Å². The lowest BCUT2D eigenvalue weighted by atomic mass is 10.1. The molecule has 19 heavy (non-hydrogen) atoms. The summed E-state index contributed by atoms with van der Waals surface area (Å²) in [6.07, 6.45) is 0.636. The summed E-state index contributed by atoms with van der Waals surface area (Å²) in [5.74, 6) is 5.09. The first kappa shape index (κ1) is 14.6. The van der Waals surface area contributed by atoms with Crippen molar-refractivity contribution in [2.45, 2.75) is 6.92 Å². The number of aldehydes is 1. The van der Waals surface area contributed by atoms with Crippen molar-refractivity contribution in [1.82, 2.24) is 0 Å². The van der Waals surface area contributed by atoms with E-state index in [2.05, 4.69) is 16.6 Å². The second-order valence-electron chi connectivity index (χ2n) is 3.38. The lowest BCUT2D eigenvalue weighted by Crippen LogP contribution is -2.00. The van der Waals surface area contributed by atoms with E-state index in [1.54, 1.807) is 6.92 Å². The normalized spacial score (nSPS) is 9.00. The first-order chi connectivity index (χ1) is 9.15. The highest BCUT2D eigenvalue weighted by Gasteiger charge is 2.09. The van der Waals surface area contributed by atoms with Crippen LogP contribution in [-0.4, -0.2) is 33.1 Å². The third kappa shape index (κ3) is 3.75. The molecule has 0 fully saturated rings. The van der Waals surface area contributed by atoms with Gasteiger partial charge in [0.1, 0.15) is 0 Å². The summed E-state index contributed by atoms with van der Waals surface area (Å²) >= 11 is 0. The van der Waals surface area contributed by atoms with Gasteiger partial charge in [0.15, 0.2) is 17.8 Å². The monoisotopic (exact) mass is 262 g/mol. The van der Waals surface area contributed by atoms with E-state index in [0.717, 1.165) is 0 Å². The molecule has 0 spiro atoms. The van der Waals surface area contributed by atoms with E-state index >= 15 is 0 Å². The van der Waals surface area contributed by atoms with E-state index in [1.165, 1.54) is 26.4 Å². The Labute approximate surface area is 111 Å². The van der Waals surface area contributed by atoms with Gasteiger partial charge >= 0.3 is 5.97 Å². The van der Waals surface area contributed by atoms with E-state index < -0.39 is 5.97 Å². The molecule has 0 aliphatic heterocycles. The summed E-state index contributed by atoms with van der Waals surface area (Å²) in [4.78, 5) is 22.1. The van der Waals surface area contributed by atoms with Crippen LogP contribution in [-0.2, 0) is 9.53 Å². The number of hydrogen-bond acceptors (Lipinski definition) is 5. The Morgan fingerprint density at radius 1 is 1.26 bits per heavy atom. The van der Waals surface area contributed by atoms with Gasteiger partial charge in [-0.15, -0.1) is 0 Å². The highest BCUT2D eigenvalue weighted by atomic mass is 16.5. The summed E-state index contributed by atoms with van der Waals surface area (Å²) in [5, 5.41) is 0. The summed E-state index contributed by atoms with van der Waals surface area (Å²) in [7, 11) is 2.94. The van der Waals surface area contributed by atoms with Gasteiger partial charge in [-0.2, -0.15) is 0 Å². The lowest BCUT2D eigenvalue weighted by Gasteiger charge is -2.09. The van der Waals surface area contributed by atoms with Gasteiger partial charge in [0.05, 0.1) is 20.8 Å². The van der Waals surface area contributed by atoms with Crippen LogP contribution in [0.2, 0.25) is 0 Å². The van der Waals surface area contributed by atoms with E-state index in [4.69, 9.17) is 9.47 Å². The fraction of sp³-hybridized carbons (Fsp3) is 0.286. The Morgan fingerprint density at radius 3 is 2.42 bits per heavy atom. The molecular formula is C14H14O5. The third-order valence-electron chi connectivity index (χ3n) is 2.26. The van der Waals surface area contributed by atoms with Crippen molar-refractivity contribution in [1.29, 1.82) is 0 Å². The summed E-state index contributed by atoms with van der Waals surface area (Å²) in [5.41, 5.74) is 0.690. The van der Waals surface area contributed by atoms with Crippen LogP contribution in [0.4, 0.5) is 0 Å². The molecule has 0 amide bonds. The fourth-order valence-electron chi connectivity index (χ4n) is 1.39. The Balaban J connectivity index is 3.19. The highest BCUT2D eigenvalue weighted by molar-refractivity contribution is 5.90. The number of carbonyl (C=O) groups is 2. The van der Waals surface area contributed by atoms with Crippen molar-refractivity contribution in [2.75, 3.05) is 20.8 Å². The molecule has 1 aromatic rings. The molecule has 1 aromatic carbocycles. The van der Waals surface area contributed by atoms with Crippen LogP contribution in [0, 0.1) is 11.8 Å². The molecule has 0 radical (unpaired) electrons. The SMILES string of the molecule is CCOC(=O)C#Cc1cc(OC)c(OC)cc1C=O. The van der Waals surface area contributed by atoms with Gasteiger partial charge in [0.2, 0.25) is 0 Å². The topological polar surface area (TPSA) is 61.8 Å².